The Morgan fingerprint density at radius 3 is 2.93 bits per heavy atom. The van der Waals surface area contributed by atoms with E-state index in [1.165, 1.54) is 6.20 Å². The van der Waals surface area contributed by atoms with E-state index in [0.717, 1.165) is 5.56 Å². The Morgan fingerprint density at radius 2 is 2.33 bits per heavy atom. The third-order valence-corrected chi connectivity index (χ3v) is 2.01. The minimum absolute atomic E-state index is 0.0481. The number of hydrogen-bond acceptors (Lipinski definition) is 3. The molecule has 0 aliphatic heterocycles. The second-order valence-corrected chi connectivity index (χ2v) is 3.31. The lowest BCUT2D eigenvalue weighted by Crippen LogP contribution is -2.10. The highest BCUT2D eigenvalue weighted by atomic mass is 35.5. The summed E-state index contributed by atoms with van der Waals surface area (Å²) in [5.74, 6) is 0. The van der Waals surface area contributed by atoms with Crippen molar-refractivity contribution < 1.29 is 15.0 Å². The maximum Gasteiger partial charge on any atom is 0.409 e. The van der Waals surface area contributed by atoms with Crippen molar-refractivity contribution in [2.45, 2.75) is 12.8 Å². The number of hydrogen-bond donors (Lipinski definition) is 3. The van der Waals surface area contributed by atoms with Gasteiger partial charge in [0.15, 0.2) is 0 Å². The summed E-state index contributed by atoms with van der Waals surface area (Å²) in [5.41, 5.74) is 1.13. The molecule has 5 nitrogen and oxygen atoms in total. The van der Waals surface area contributed by atoms with Crippen molar-refractivity contribution in [1.29, 1.82) is 0 Å². The van der Waals surface area contributed by atoms with Crippen LogP contribution in [0.25, 0.3) is 0 Å². The van der Waals surface area contributed by atoms with Gasteiger partial charge in [-0.2, -0.15) is 0 Å². The molecule has 0 spiro atoms. The van der Waals surface area contributed by atoms with Gasteiger partial charge in [-0.15, -0.1) is 0 Å². The molecule has 0 bridgehead atoms. The molecule has 82 valence electrons. The van der Waals surface area contributed by atoms with E-state index in [1.54, 1.807) is 6.07 Å². The Bertz CT molecular complexity index is 357. The molecule has 1 heterocycles. The third kappa shape index (κ3) is 3.73. The zero-order valence-electron chi connectivity index (χ0n) is 7.90. The highest BCUT2D eigenvalue weighted by Gasteiger charge is 2.06. The first-order valence-electron chi connectivity index (χ1n) is 4.38. The predicted molar refractivity (Wildman–Crippen MR) is 56.3 cm³/mol. The van der Waals surface area contributed by atoms with Gasteiger partial charge in [-0.1, -0.05) is 11.6 Å². The number of amides is 1. The molecule has 0 atom stereocenters. The van der Waals surface area contributed by atoms with Gasteiger partial charge in [-0.05, 0) is 24.5 Å². The Balaban J connectivity index is 2.87. The van der Waals surface area contributed by atoms with Crippen molar-refractivity contribution in [2.24, 2.45) is 0 Å². The van der Waals surface area contributed by atoms with Crippen LogP contribution < -0.4 is 5.32 Å². The molecule has 0 aliphatic rings. The van der Waals surface area contributed by atoms with Crippen LogP contribution in [-0.4, -0.2) is 27.9 Å². The lowest BCUT2D eigenvalue weighted by atomic mass is 10.1. The van der Waals surface area contributed by atoms with E-state index in [9.17, 15) is 4.79 Å². The molecule has 0 unspecified atom stereocenters. The molecule has 0 radical (unpaired) electrons. The molecule has 0 saturated carbocycles. The Morgan fingerprint density at radius 1 is 1.60 bits per heavy atom. The summed E-state index contributed by atoms with van der Waals surface area (Å²) in [6.07, 6.45) is 1.32. The fourth-order valence-corrected chi connectivity index (χ4v) is 1.35. The number of carbonyl (C=O) groups is 1. The van der Waals surface area contributed by atoms with Gasteiger partial charge < -0.3 is 10.2 Å². The Kier molecular flexibility index (Phi) is 4.33. The molecule has 0 saturated heterocycles. The number of aromatic nitrogens is 1. The van der Waals surface area contributed by atoms with Crippen molar-refractivity contribution in [2.75, 3.05) is 11.9 Å². The largest absolute Gasteiger partial charge is 0.465 e. The van der Waals surface area contributed by atoms with E-state index in [0.29, 0.717) is 23.7 Å². The highest BCUT2D eigenvalue weighted by Crippen LogP contribution is 2.19. The second-order valence-electron chi connectivity index (χ2n) is 2.92. The zero-order chi connectivity index (χ0) is 11.3. The van der Waals surface area contributed by atoms with Crippen molar-refractivity contribution >= 4 is 23.4 Å². The van der Waals surface area contributed by atoms with Crippen LogP contribution in [0.15, 0.2) is 12.3 Å². The summed E-state index contributed by atoms with van der Waals surface area (Å²) in [7, 11) is 0. The summed E-state index contributed by atoms with van der Waals surface area (Å²) in [5, 5.41) is 19.8. The van der Waals surface area contributed by atoms with E-state index >= 15 is 0 Å². The minimum Gasteiger partial charge on any atom is -0.465 e. The van der Waals surface area contributed by atoms with Crippen LogP contribution in [0.4, 0.5) is 10.5 Å². The Hall–Kier alpha value is -1.33. The topological polar surface area (TPSA) is 82.5 Å². The highest BCUT2D eigenvalue weighted by molar-refractivity contribution is 6.29. The van der Waals surface area contributed by atoms with Gasteiger partial charge in [0.1, 0.15) is 5.15 Å². The number of pyridine rings is 1. The molecule has 6 heteroatoms. The number of anilines is 1. The van der Waals surface area contributed by atoms with Crippen LogP contribution in [0.2, 0.25) is 5.15 Å². The molecule has 1 aromatic heterocycles. The quantitative estimate of drug-likeness (QED) is 0.689. The van der Waals surface area contributed by atoms with Gasteiger partial charge in [0, 0.05) is 6.61 Å². The molecule has 1 amide bonds. The number of aliphatic hydroxyl groups is 1. The molecule has 3 N–H and O–H groups in total. The van der Waals surface area contributed by atoms with Crippen molar-refractivity contribution in [3.05, 3.63) is 23.0 Å². The number of aliphatic hydroxyl groups excluding tert-OH is 1. The Labute approximate surface area is 91.7 Å². The molecule has 0 aliphatic carbocycles. The molecular weight excluding hydrogens is 220 g/mol. The minimum atomic E-state index is -1.15. The number of carboxylic acid groups (broad SMARTS) is 1. The average Bonchev–Trinajstić information content (AvgIpc) is 2.18. The maximum absolute atomic E-state index is 10.5. The van der Waals surface area contributed by atoms with Crippen LogP contribution in [0, 0.1) is 0 Å². The van der Waals surface area contributed by atoms with Gasteiger partial charge in [0.25, 0.3) is 0 Å². The standard InChI is InChI=1S/C9H11ClN2O3/c10-8-4-6(2-1-3-13)7(5-11-8)12-9(14)15/h4-5,12-13H,1-3H2,(H,14,15). The average molecular weight is 231 g/mol. The van der Waals surface area contributed by atoms with E-state index in [2.05, 4.69) is 10.3 Å². The summed E-state index contributed by atoms with van der Waals surface area (Å²) in [6, 6.07) is 1.59. The summed E-state index contributed by atoms with van der Waals surface area (Å²) < 4.78 is 0. The summed E-state index contributed by atoms with van der Waals surface area (Å²) in [4.78, 5) is 14.2. The molecular formula is C9H11ClN2O3. The van der Waals surface area contributed by atoms with Gasteiger partial charge in [0.05, 0.1) is 11.9 Å². The van der Waals surface area contributed by atoms with Crippen LogP contribution in [0.1, 0.15) is 12.0 Å². The van der Waals surface area contributed by atoms with E-state index in [1.807, 2.05) is 0 Å². The fourth-order valence-electron chi connectivity index (χ4n) is 1.17. The van der Waals surface area contributed by atoms with Crippen LogP contribution in [-0.2, 0) is 6.42 Å². The number of aryl methyl sites for hydroxylation is 1. The normalized spacial score (nSPS) is 10.0. The fraction of sp³-hybridized carbons (Fsp3) is 0.333. The lowest BCUT2D eigenvalue weighted by Gasteiger charge is -2.08. The van der Waals surface area contributed by atoms with E-state index in [4.69, 9.17) is 21.8 Å². The first-order valence-corrected chi connectivity index (χ1v) is 4.76. The van der Waals surface area contributed by atoms with Crippen molar-refractivity contribution in [3.8, 4) is 0 Å². The van der Waals surface area contributed by atoms with Gasteiger partial charge >= 0.3 is 6.09 Å². The van der Waals surface area contributed by atoms with Crippen molar-refractivity contribution in [3.63, 3.8) is 0 Å². The summed E-state index contributed by atoms with van der Waals surface area (Å²) >= 11 is 5.68. The molecule has 15 heavy (non-hydrogen) atoms. The summed E-state index contributed by atoms with van der Waals surface area (Å²) in [6.45, 7) is 0.0481. The smallest absolute Gasteiger partial charge is 0.409 e. The van der Waals surface area contributed by atoms with E-state index in [-0.39, 0.29) is 6.61 Å². The third-order valence-electron chi connectivity index (χ3n) is 1.80. The SMILES string of the molecule is O=C(O)Nc1cnc(Cl)cc1CCCO. The number of nitrogens with one attached hydrogen (secondary N) is 1. The molecule has 0 fully saturated rings. The van der Waals surface area contributed by atoms with Crippen LogP contribution in [0.3, 0.4) is 0 Å². The van der Waals surface area contributed by atoms with Gasteiger partial charge in [-0.3, -0.25) is 5.32 Å². The van der Waals surface area contributed by atoms with Gasteiger partial charge in [-0.25, -0.2) is 9.78 Å². The first kappa shape index (κ1) is 11.7. The van der Waals surface area contributed by atoms with E-state index < -0.39 is 6.09 Å². The monoisotopic (exact) mass is 230 g/mol. The molecule has 1 aromatic rings. The van der Waals surface area contributed by atoms with Crippen LogP contribution in [0.5, 0.6) is 0 Å². The first-order chi connectivity index (χ1) is 7.13. The maximum atomic E-state index is 10.5. The molecule has 1 rings (SSSR count). The van der Waals surface area contributed by atoms with Crippen molar-refractivity contribution in [1.82, 2.24) is 4.98 Å². The number of rotatable bonds is 4. The second kappa shape index (κ2) is 5.53. The lowest BCUT2D eigenvalue weighted by molar-refractivity contribution is 0.209. The zero-order valence-corrected chi connectivity index (χ0v) is 8.66. The number of halogens is 1. The molecule has 0 aromatic carbocycles. The number of nitrogens with zero attached hydrogens (tertiary/aromatic N) is 1. The van der Waals surface area contributed by atoms with Gasteiger partial charge in [0.2, 0.25) is 0 Å². The van der Waals surface area contributed by atoms with Crippen LogP contribution >= 0.6 is 11.6 Å². The predicted octanol–water partition coefficient (Wildman–Crippen LogP) is 1.75.